The van der Waals surface area contributed by atoms with E-state index < -0.39 is 24.3 Å². The number of quaternary nitrogens is 1. The molecule has 0 radical (unpaired) electrons. The van der Waals surface area contributed by atoms with Crippen LogP contribution < -0.4 is 5.11 Å². The van der Waals surface area contributed by atoms with E-state index in [9.17, 15) is 19.5 Å². The number of hydrogen-bond donors (Lipinski definition) is 0. The average molecular weight is 916 g/mol. The van der Waals surface area contributed by atoms with Crippen molar-refractivity contribution in [2.45, 2.75) is 245 Å². The van der Waals surface area contributed by atoms with Crippen LogP contribution in [0.3, 0.4) is 0 Å². The molecule has 2 unspecified atom stereocenters. The highest BCUT2D eigenvalue weighted by molar-refractivity contribution is 5.70. The maximum absolute atomic E-state index is 12.8. The summed E-state index contributed by atoms with van der Waals surface area (Å²) in [4.78, 5) is 37.1. The molecular weight excluding hydrogens is 815 g/mol. The van der Waals surface area contributed by atoms with Gasteiger partial charge in [0.1, 0.15) is 13.2 Å². The average Bonchev–Trinajstić information content (AvgIpc) is 3.27. The number of aliphatic carboxylic acids is 1. The van der Waals surface area contributed by atoms with Gasteiger partial charge in [-0.15, -0.1) is 0 Å². The summed E-state index contributed by atoms with van der Waals surface area (Å²) in [5.41, 5.74) is 0. The van der Waals surface area contributed by atoms with Crippen LogP contribution in [0.1, 0.15) is 232 Å². The van der Waals surface area contributed by atoms with E-state index >= 15 is 0 Å². The Labute approximate surface area is 400 Å². The molecule has 0 aromatic rings. The van der Waals surface area contributed by atoms with Gasteiger partial charge in [-0.1, -0.05) is 191 Å². The third-order valence-corrected chi connectivity index (χ3v) is 11.5. The van der Waals surface area contributed by atoms with Gasteiger partial charge in [0, 0.05) is 12.8 Å². The Hall–Kier alpha value is -2.75. The zero-order valence-corrected chi connectivity index (χ0v) is 42.9. The minimum absolute atomic E-state index is 0.145. The Kier molecular flexibility index (Phi) is 45.7. The number of carbonyl (C=O) groups is 3. The minimum Gasteiger partial charge on any atom is -0.545 e. The molecule has 65 heavy (non-hydrogen) atoms. The van der Waals surface area contributed by atoms with Crippen molar-refractivity contribution in [2.75, 3.05) is 47.5 Å². The number of carboxylic acid groups (broad SMARTS) is 1. The molecule has 0 amide bonds. The smallest absolute Gasteiger partial charge is 0.306 e. The molecule has 0 rings (SSSR count). The van der Waals surface area contributed by atoms with Gasteiger partial charge in [-0.3, -0.25) is 9.59 Å². The molecule has 0 aliphatic heterocycles. The Bertz CT molecular complexity index is 1210. The van der Waals surface area contributed by atoms with Crippen LogP contribution in [0, 0.1) is 0 Å². The van der Waals surface area contributed by atoms with Crippen LogP contribution in [-0.2, 0) is 33.3 Å². The molecule has 0 fully saturated rings. The third kappa shape index (κ3) is 49.0. The van der Waals surface area contributed by atoms with E-state index in [1.54, 1.807) is 0 Å². The third-order valence-electron chi connectivity index (χ3n) is 11.5. The topological polar surface area (TPSA) is 111 Å². The highest BCUT2D eigenvalue weighted by Gasteiger charge is 2.22. The molecule has 0 heterocycles. The second-order valence-electron chi connectivity index (χ2n) is 19.2. The van der Waals surface area contributed by atoms with Crippen molar-refractivity contribution in [3.05, 3.63) is 48.6 Å². The predicted octanol–water partition coefficient (Wildman–Crippen LogP) is 13.8. The van der Waals surface area contributed by atoms with Crippen molar-refractivity contribution >= 4 is 17.9 Å². The number of unbranched alkanes of at least 4 members (excludes halogenated alkanes) is 26. The fraction of sp³-hybridized carbons (Fsp3) is 0.804. The van der Waals surface area contributed by atoms with Crippen molar-refractivity contribution in [1.29, 1.82) is 0 Å². The van der Waals surface area contributed by atoms with Gasteiger partial charge in [0.2, 0.25) is 0 Å². The van der Waals surface area contributed by atoms with Crippen molar-refractivity contribution in [3.8, 4) is 0 Å². The number of hydrogen-bond acceptors (Lipinski definition) is 8. The first kappa shape index (κ1) is 62.2. The van der Waals surface area contributed by atoms with Crippen LogP contribution in [0.15, 0.2) is 48.6 Å². The van der Waals surface area contributed by atoms with Gasteiger partial charge in [0.25, 0.3) is 0 Å². The molecule has 9 nitrogen and oxygen atoms in total. The molecular formula is C56H101NO8. The highest BCUT2D eigenvalue weighted by Crippen LogP contribution is 2.15. The second kappa shape index (κ2) is 47.7. The van der Waals surface area contributed by atoms with E-state index in [2.05, 4.69) is 62.5 Å². The predicted molar refractivity (Wildman–Crippen MR) is 269 cm³/mol. The van der Waals surface area contributed by atoms with Crippen molar-refractivity contribution in [2.24, 2.45) is 0 Å². The number of ether oxygens (including phenoxy) is 4. The van der Waals surface area contributed by atoms with Crippen LogP contribution in [0.5, 0.6) is 0 Å². The number of carboxylic acids is 1. The van der Waals surface area contributed by atoms with Gasteiger partial charge in [-0.05, 0) is 77.0 Å². The summed E-state index contributed by atoms with van der Waals surface area (Å²) in [6, 6.07) is 0. The number of rotatable bonds is 49. The van der Waals surface area contributed by atoms with E-state index in [1.165, 1.54) is 128 Å². The highest BCUT2D eigenvalue weighted by atomic mass is 16.7. The van der Waals surface area contributed by atoms with Crippen molar-refractivity contribution in [1.82, 2.24) is 0 Å². The number of carbonyl (C=O) groups excluding carboxylic acids is 3. The first-order valence-electron chi connectivity index (χ1n) is 26.8. The lowest BCUT2D eigenvalue weighted by Gasteiger charge is -2.26. The molecule has 0 aliphatic rings. The molecule has 0 N–H and O–H groups in total. The van der Waals surface area contributed by atoms with E-state index in [0.29, 0.717) is 17.4 Å². The maximum atomic E-state index is 12.8. The van der Waals surface area contributed by atoms with E-state index in [1.807, 2.05) is 21.1 Å². The summed E-state index contributed by atoms with van der Waals surface area (Å²) in [7, 11) is 5.91. The molecule has 378 valence electrons. The van der Waals surface area contributed by atoms with Crippen LogP contribution in [-0.4, -0.2) is 82.3 Å². The summed E-state index contributed by atoms with van der Waals surface area (Å²) in [6.07, 6.45) is 54.4. The molecule has 0 aliphatic carbocycles. The normalized spacial score (nSPS) is 13.2. The first-order chi connectivity index (χ1) is 31.6. The monoisotopic (exact) mass is 916 g/mol. The summed E-state index contributed by atoms with van der Waals surface area (Å²) in [5.74, 6) is -2.29. The lowest BCUT2D eigenvalue weighted by atomic mass is 10.0. The van der Waals surface area contributed by atoms with Crippen LogP contribution in [0.2, 0.25) is 0 Å². The minimum atomic E-state index is -1.62. The lowest BCUT2D eigenvalue weighted by molar-refractivity contribution is -0.870. The lowest BCUT2D eigenvalue weighted by Crippen LogP contribution is -2.44. The number of esters is 2. The zero-order valence-electron chi connectivity index (χ0n) is 42.9. The molecule has 0 saturated heterocycles. The van der Waals surface area contributed by atoms with E-state index in [-0.39, 0.29) is 38.6 Å². The molecule has 0 saturated carbocycles. The molecule has 0 bridgehead atoms. The fourth-order valence-electron chi connectivity index (χ4n) is 7.36. The zero-order chi connectivity index (χ0) is 47.7. The van der Waals surface area contributed by atoms with Gasteiger partial charge >= 0.3 is 11.9 Å². The molecule has 0 spiro atoms. The maximum Gasteiger partial charge on any atom is 0.306 e. The Morgan fingerprint density at radius 3 is 1.26 bits per heavy atom. The number of nitrogens with zero attached hydrogens (tertiary/aromatic N) is 1. The molecule has 0 aromatic carbocycles. The van der Waals surface area contributed by atoms with Gasteiger partial charge in [0.05, 0.1) is 40.3 Å². The van der Waals surface area contributed by atoms with Crippen LogP contribution in [0.4, 0.5) is 0 Å². The molecule has 2 atom stereocenters. The first-order valence-corrected chi connectivity index (χ1v) is 26.8. The van der Waals surface area contributed by atoms with Crippen LogP contribution in [0.25, 0.3) is 0 Å². The van der Waals surface area contributed by atoms with Gasteiger partial charge in [-0.2, -0.15) is 0 Å². The van der Waals surface area contributed by atoms with Gasteiger partial charge in [0.15, 0.2) is 12.4 Å². The van der Waals surface area contributed by atoms with E-state index in [0.717, 1.165) is 70.6 Å². The molecule has 0 aromatic heterocycles. The Morgan fingerprint density at radius 1 is 0.462 bits per heavy atom. The van der Waals surface area contributed by atoms with Gasteiger partial charge in [-0.25, -0.2) is 0 Å². The standard InChI is InChI=1S/C56H101NO8/c1-6-8-10-12-14-16-18-20-21-22-23-24-25-26-27-28-29-30-31-32-33-35-37-39-41-43-45-47-54(59)65-52(51-64-56(55(60)61)62-49-48-57(3,4)5)50-63-53(58)46-44-42-40-38-36-34-19-17-15-13-11-9-7-2/h17-20,22-23,25-26,52,56H,6-16,21,24,27-51H2,1-5H3/b19-17-,20-18-,23-22-,26-25-. The van der Waals surface area contributed by atoms with Crippen LogP contribution >= 0.6 is 0 Å². The largest absolute Gasteiger partial charge is 0.545 e. The summed E-state index contributed by atoms with van der Waals surface area (Å²) in [6.45, 7) is 4.71. The Morgan fingerprint density at radius 2 is 0.831 bits per heavy atom. The summed E-state index contributed by atoms with van der Waals surface area (Å²) in [5, 5.41) is 11.7. The van der Waals surface area contributed by atoms with E-state index in [4.69, 9.17) is 18.9 Å². The van der Waals surface area contributed by atoms with Gasteiger partial charge < -0.3 is 33.3 Å². The van der Waals surface area contributed by atoms with Crippen molar-refractivity contribution in [3.63, 3.8) is 0 Å². The Balaban J connectivity index is 4.24. The SMILES string of the molecule is CCCCCC/C=C\CCCCCCCC(=O)OCC(COC(OCC[N+](C)(C)C)C(=O)[O-])OC(=O)CCCCCCCCCCCCCC/C=C\C/C=C\C/C=C\CCCCCCC. The second-order valence-corrected chi connectivity index (χ2v) is 19.2. The number of allylic oxidation sites excluding steroid dienone is 8. The summed E-state index contributed by atoms with van der Waals surface area (Å²) < 4.78 is 22.6. The van der Waals surface area contributed by atoms with Crippen molar-refractivity contribution < 1.29 is 42.9 Å². The fourth-order valence-corrected chi connectivity index (χ4v) is 7.36. The number of likely N-dealkylation sites (N-methyl/N-ethyl adjacent to an activating group) is 1. The summed E-state index contributed by atoms with van der Waals surface area (Å²) >= 11 is 0. The quantitative estimate of drug-likeness (QED) is 0.0195. The molecule has 9 heteroatoms.